The molecule has 2 saturated heterocycles. The van der Waals surface area contributed by atoms with Crippen LogP contribution in [0.1, 0.15) is 20.8 Å². The molecule has 1 aromatic carbocycles. The smallest absolute Gasteiger partial charge is 0.257 e. The predicted octanol–water partition coefficient (Wildman–Crippen LogP) is 2.79. The van der Waals surface area contributed by atoms with Gasteiger partial charge in [0.2, 0.25) is 0 Å². The second-order valence-corrected chi connectivity index (χ2v) is 7.86. The predicted molar refractivity (Wildman–Crippen MR) is 102 cm³/mol. The Kier molecular flexibility index (Phi) is 5.24. The van der Waals surface area contributed by atoms with Gasteiger partial charge in [0, 0.05) is 37.6 Å². The van der Waals surface area contributed by atoms with Crippen molar-refractivity contribution in [2.75, 3.05) is 39.4 Å². The molecule has 0 N–H and O–H groups in total. The molecule has 2 aliphatic rings. The number of hydrogen-bond acceptors (Lipinski definition) is 5. The van der Waals surface area contributed by atoms with Gasteiger partial charge in [-0.3, -0.25) is 9.69 Å². The van der Waals surface area contributed by atoms with Crippen LogP contribution in [0.25, 0.3) is 0 Å². The molecule has 0 spiro atoms. The third kappa shape index (κ3) is 3.77. The second kappa shape index (κ2) is 7.78. The molecule has 0 radical (unpaired) electrons. The number of aryl methyl sites for hydroxylation is 1. The lowest BCUT2D eigenvalue weighted by Gasteiger charge is -2.39. The van der Waals surface area contributed by atoms with Gasteiger partial charge in [-0.25, -0.2) is 0 Å². The van der Waals surface area contributed by atoms with Gasteiger partial charge in [-0.2, -0.15) is 0 Å². The molecule has 0 saturated carbocycles. The number of rotatable bonds is 5. The molecule has 4 rings (SSSR count). The van der Waals surface area contributed by atoms with E-state index in [0.717, 1.165) is 19.6 Å². The van der Waals surface area contributed by atoms with Gasteiger partial charge in [-0.1, -0.05) is 12.1 Å². The lowest BCUT2D eigenvalue weighted by Crippen LogP contribution is -2.53. The number of likely N-dealkylation sites (tertiary alicyclic amines) is 1. The highest BCUT2D eigenvalue weighted by molar-refractivity contribution is 7.10. The molecular weight excluding hydrogens is 348 g/mol. The Labute approximate surface area is 158 Å². The highest BCUT2D eigenvalue weighted by Crippen LogP contribution is 2.26. The van der Waals surface area contributed by atoms with Crippen LogP contribution in [0.2, 0.25) is 0 Å². The van der Waals surface area contributed by atoms with Crippen LogP contribution in [0.4, 0.5) is 0 Å². The van der Waals surface area contributed by atoms with Gasteiger partial charge in [0.15, 0.2) is 0 Å². The fourth-order valence-corrected chi connectivity index (χ4v) is 4.31. The molecule has 1 aromatic heterocycles. The fourth-order valence-electron chi connectivity index (χ4n) is 3.36. The Morgan fingerprint density at radius 3 is 2.73 bits per heavy atom. The van der Waals surface area contributed by atoms with Crippen molar-refractivity contribution in [2.45, 2.75) is 19.6 Å². The van der Waals surface area contributed by atoms with Gasteiger partial charge < -0.3 is 14.4 Å². The Hall–Kier alpha value is -1.89. The first kappa shape index (κ1) is 17.5. The van der Waals surface area contributed by atoms with Gasteiger partial charge in [0.05, 0.1) is 18.8 Å². The summed E-state index contributed by atoms with van der Waals surface area (Å²) in [6, 6.07) is 9.75. The molecule has 0 aliphatic carbocycles. The van der Waals surface area contributed by atoms with Crippen molar-refractivity contribution in [1.29, 1.82) is 0 Å². The number of benzene rings is 1. The van der Waals surface area contributed by atoms with E-state index in [9.17, 15) is 4.79 Å². The third-order valence-electron chi connectivity index (χ3n) is 4.97. The zero-order valence-corrected chi connectivity index (χ0v) is 15.8. The number of hydrogen-bond donors (Lipinski definition) is 0. The minimum atomic E-state index is 0.0364. The first-order valence-corrected chi connectivity index (χ1v) is 9.96. The van der Waals surface area contributed by atoms with E-state index in [1.807, 2.05) is 40.5 Å². The fraction of sp³-hybridized carbons (Fsp3) is 0.450. The van der Waals surface area contributed by atoms with Crippen LogP contribution in [0.15, 0.2) is 35.7 Å². The summed E-state index contributed by atoms with van der Waals surface area (Å²) in [5.41, 5.74) is 2.02. The quantitative estimate of drug-likeness (QED) is 0.809. The van der Waals surface area contributed by atoms with Crippen LogP contribution in [-0.2, 0) is 11.3 Å². The lowest BCUT2D eigenvalue weighted by molar-refractivity contribution is 0.0130. The van der Waals surface area contributed by atoms with Crippen molar-refractivity contribution in [2.24, 2.45) is 0 Å². The monoisotopic (exact) mass is 372 g/mol. The van der Waals surface area contributed by atoms with E-state index in [1.54, 1.807) is 0 Å². The van der Waals surface area contributed by atoms with Gasteiger partial charge in [0.1, 0.15) is 11.9 Å². The van der Waals surface area contributed by atoms with Gasteiger partial charge in [-0.15, -0.1) is 11.3 Å². The minimum absolute atomic E-state index is 0.0364. The summed E-state index contributed by atoms with van der Waals surface area (Å²) >= 11 is 1.81. The highest BCUT2D eigenvalue weighted by atomic mass is 32.1. The Morgan fingerprint density at radius 1 is 1.23 bits per heavy atom. The lowest BCUT2D eigenvalue weighted by atomic mass is 10.1. The first-order chi connectivity index (χ1) is 12.7. The number of nitrogens with zero attached hydrogens (tertiary/aromatic N) is 2. The standard InChI is InChI=1S/C20H24N2O3S/c1-15-6-11-26-19(15)14-21-12-16(13-21)25-18-5-3-2-4-17(18)20(23)22-7-9-24-10-8-22/h2-6,11,16H,7-10,12-14H2,1H3. The molecule has 138 valence electrons. The highest BCUT2D eigenvalue weighted by Gasteiger charge is 2.30. The van der Waals surface area contributed by atoms with Crippen LogP contribution in [-0.4, -0.2) is 61.2 Å². The number of ether oxygens (including phenoxy) is 2. The normalized spacial score (nSPS) is 18.6. The zero-order valence-electron chi connectivity index (χ0n) is 15.0. The van der Waals surface area contributed by atoms with Crippen LogP contribution in [0, 0.1) is 6.92 Å². The second-order valence-electron chi connectivity index (χ2n) is 6.86. The summed E-state index contributed by atoms with van der Waals surface area (Å²) in [6.07, 6.45) is 0.147. The van der Waals surface area contributed by atoms with Crippen molar-refractivity contribution in [1.82, 2.24) is 9.80 Å². The molecule has 3 heterocycles. The Morgan fingerprint density at radius 2 is 2.00 bits per heavy atom. The van der Waals surface area contributed by atoms with E-state index in [1.165, 1.54) is 10.4 Å². The molecule has 0 bridgehead atoms. The maximum absolute atomic E-state index is 12.8. The van der Waals surface area contributed by atoms with Gasteiger partial charge in [-0.05, 0) is 36.1 Å². The van der Waals surface area contributed by atoms with Crippen molar-refractivity contribution >= 4 is 17.2 Å². The molecule has 1 amide bonds. The summed E-state index contributed by atoms with van der Waals surface area (Å²) in [5, 5.41) is 2.14. The molecule has 0 atom stereocenters. The van der Waals surface area contributed by atoms with E-state index in [2.05, 4.69) is 23.3 Å². The zero-order chi connectivity index (χ0) is 17.9. The number of carbonyl (C=O) groups is 1. The summed E-state index contributed by atoms with van der Waals surface area (Å²) in [7, 11) is 0. The van der Waals surface area contributed by atoms with Crippen LogP contribution < -0.4 is 4.74 Å². The van der Waals surface area contributed by atoms with Crippen molar-refractivity contribution in [3.05, 3.63) is 51.7 Å². The van der Waals surface area contributed by atoms with E-state index < -0.39 is 0 Å². The molecule has 2 aliphatic heterocycles. The summed E-state index contributed by atoms with van der Waals surface area (Å²) in [4.78, 5) is 18.5. The van der Waals surface area contributed by atoms with Crippen molar-refractivity contribution < 1.29 is 14.3 Å². The molecular formula is C20H24N2O3S. The molecule has 2 fully saturated rings. The van der Waals surface area contributed by atoms with Crippen LogP contribution in [0.3, 0.4) is 0 Å². The SMILES string of the molecule is Cc1ccsc1CN1CC(Oc2ccccc2C(=O)N2CCOCC2)C1. The minimum Gasteiger partial charge on any atom is -0.487 e. The average molecular weight is 372 g/mol. The summed E-state index contributed by atoms with van der Waals surface area (Å²) in [5.74, 6) is 0.732. The molecule has 26 heavy (non-hydrogen) atoms. The van der Waals surface area contributed by atoms with Crippen molar-refractivity contribution in [3.63, 3.8) is 0 Å². The molecule has 2 aromatic rings. The van der Waals surface area contributed by atoms with E-state index in [4.69, 9.17) is 9.47 Å². The topological polar surface area (TPSA) is 42.0 Å². The van der Waals surface area contributed by atoms with Crippen LogP contribution >= 0.6 is 11.3 Å². The maximum atomic E-state index is 12.8. The van der Waals surface area contributed by atoms with E-state index >= 15 is 0 Å². The maximum Gasteiger partial charge on any atom is 0.257 e. The van der Waals surface area contributed by atoms with Gasteiger partial charge in [0.25, 0.3) is 5.91 Å². The number of carbonyl (C=O) groups excluding carboxylic acids is 1. The Bertz CT molecular complexity index is 764. The average Bonchev–Trinajstić information content (AvgIpc) is 3.05. The van der Waals surface area contributed by atoms with E-state index in [-0.39, 0.29) is 12.0 Å². The molecule has 6 heteroatoms. The third-order valence-corrected chi connectivity index (χ3v) is 5.98. The van der Waals surface area contributed by atoms with Crippen molar-refractivity contribution in [3.8, 4) is 5.75 Å². The molecule has 5 nitrogen and oxygen atoms in total. The number of morpholine rings is 1. The largest absolute Gasteiger partial charge is 0.487 e. The number of amides is 1. The molecule has 0 unspecified atom stereocenters. The van der Waals surface area contributed by atoms with Crippen LogP contribution in [0.5, 0.6) is 5.75 Å². The summed E-state index contributed by atoms with van der Waals surface area (Å²) < 4.78 is 11.5. The summed E-state index contributed by atoms with van der Waals surface area (Å²) in [6.45, 7) is 7.44. The first-order valence-electron chi connectivity index (χ1n) is 9.09. The number of thiophene rings is 1. The Balaban J connectivity index is 1.36. The van der Waals surface area contributed by atoms with Gasteiger partial charge >= 0.3 is 0 Å². The van der Waals surface area contributed by atoms with E-state index in [0.29, 0.717) is 37.6 Å². The number of para-hydroxylation sites is 1.